The van der Waals surface area contributed by atoms with Crippen LogP contribution in [0.2, 0.25) is 5.02 Å². The molecule has 0 aromatic heterocycles. The highest BCUT2D eigenvalue weighted by molar-refractivity contribution is 6.33. The van der Waals surface area contributed by atoms with Crippen LogP contribution in [0.15, 0.2) is 48.5 Å². The molecule has 0 radical (unpaired) electrons. The minimum atomic E-state index is -0.984. The van der Waals surface area contributed by atoms with E-state index in [1.54, 1.807) is 55.7 Å². The molecule has 1 atom stereocenters. The number of esters is 1. The normalized spacial score (nSPS) is 11.7. The molecule has 0 bridgehead atoms. The van der Waals surface area contributed by atoms with Crippen molar-refractivity contribution in [2.75, 3.05) is 19.0 Å². The number of hydrogen-bond acceptors (Lipinski definition) is 5. The van der Waals surface area contributed by atoms with Gasteiger partial charge in [0.2, 0.25) is 0 Å². The van der Waals surface area contributed by atoms with Crippen molar-refractivity contribution in [1.29, 1.82) is 0 Å². The van der Waals surface area contributed by atoms with Gasteiger partial charge in [0.15, 0.2) is 17.6 Å². The number of ether oxygens (including phenoxy) is 3. The average molecular weight is 418 g/mol. The van der Waals surface area contributed by atoms with Crippen LogP contribution in [0.25, 0.3) is 6.08 Å². The maximum atomic E-state index is 12.2. The second kappa shape index (κ2) is 11.1. The Kier molecular flexibility index (Phi) is 8.55. The minimum Gasteiger partial charge on any atom is -0.493 e. The van der Waals surface area contributed by atoms with E-state index in [1.165, 1.54) is 13.0 Å². The highest BCUT2D eigenvalue weighted by Crippen LogP contribution is 2.28. The molecule has 2 aromatic rings. The van der Waals surface area contributed by atoms with Gasteiger partial charge in [0.05, 0.1) is 24.4 Å². The first-order valence-corrected chi connectivity index (χ1v) is 9.57. The summed E-state index contributed by atoms with van der Waals surface area (Å²) in [5, 5.41) is 3.03. The maximum absolute atomic E-state index is 12.2. The molecule has 0 aliphatic heterocycles. The van der Waals surface area contributed by atoms with E-state index in [4.69, 9.17) is 25.8 Å². The number of carbonyl (C=O) groups is 2. The van der Waals surface area contributed by atoms with Gasteiger partial charge in [0, 0.05) is 6.08 Å². The van der Waals surface area contributed by atoms with E-state index in [1.807, 2.05) is 6.92 Å². The van der Waals surface area contributed by atoms with Gasteiger partial charge in [-0.2, -0.15) is 0 Å². The van der Waals surface area contributed by atoms with E-state index >= 15 is 0 Å². The molecule has 0 aliphatic carbocycles. The highest BCUT2D eigenvalue weighted by Gasteiger charge is 2.17. The lowest BCUT2D eigenvalue weighted by molar-refractivity contribution is -0.148. The van der Waals surface area contributed by atoms with Crippen LogP contribution in [-0.4, -0.2) is 31.7 Å². The van der Waals surface area contributed by atoms with Gasteiger partial charge >= 0.3 is 5.97 Å². The quantitative estimate of drug-likeness (QED) is 0.472. The summed E-state index contributed by atoms with van der Waals surface area (Å²) in [6.07, 6.45) is 2.73. The van der Waals surface area contributed by atoms with Gasteiger partial charge in [-0.25, -0.2) is 4.79 Å². The largest absolute Gasteiger partial charge is 0.493 e. The molecule has 7 heteroatoms. The Morgan fingerprint density at radius 2 is 1.93 bits per heavy atom. The van der Waals surface area contributed by atoms with Crippen molar-refractivity contribution in [2.45, 2.75) is 26.4 Å². The summed E-state index contributed by atoms with van der Waals surface area (Å²) < 4.78 is 16.1. The van der Waals surface area contributed by atoms with Crippen LogP contribution in [0.4, 0.5) is 5.69 Å². The summed E-state index contributed by atoms with van der Waals surface area (Å²) in [7, 11) is 1.55. The average Bonchev–Trinajstić information content (AvgIpc) is 2.72. The molecule has 0 unspecified atom stereocenters. The van der Waals surface area contributed by atoms with Crippen LogP contribution in [0.1, 0.15) is 25.8 Å². The molecule has 0 heterocycles. The van der Waals surface area contributed by atoms with Crippen LogP contribution in [0, 0.1) is 0 Å². The maximum Gasteiger partial charge on any atom is 0.331 e. The Balaban J connectivity index is 1.94. The number of rotatable bonds is 9. The summed E-state index contributed by atoms with van der Waals surface area (Å²) >= 11 is 6.01. The van der Waals surface area contributed by atoms with Gasteiger partial charge in [0.1, 0.15) is 0 Å². The molecule has 1 amide bonds. The van der Waals surface area contributed by atoms with E-state index in [0.717, 1.165) is 12.0 Å². The van der Waals surface area contributed by atoms with Crippen molar-refractivity contribution in [3.63, 3.8) is 0 Å². The van der Waals surface area contributed by atoms with Crippen LogP contribution in [0.5, 0.6) is 11.5 Å². The molecule has 1 N–H and O–H groups in total. The van der Waals surface area contributed by atoms with Crippen LogP contribution in [0.3, 0.4) is 0 Å². The Labute approximate surface area is 175 Å². The molecule has 2 rings (SSSR count). The molecule has 0 saturated carbocycles. The number of nitrogens with one attached hydrogen (secondary N) is 1. The lowest BCUT2D eigenvalue weighted by atomic mass is 10.2. The van der Waals surface area contributed by atoms with Crippen LogP contribution < -0.4 is 14.8 Å². The Morgan fingerprint density at radius 3 is 2.62 bits per heavy atom. The number of carbonyl (C=O) groups excluding carboxylic acids is 2. The van der Waals surface area contributed by atoms with Crippen molar-refractivity contribution in [3.05, 3.63) is 59.1 Å². The van der Waals surface area contributed by atoms with E-state index in [-0.39, 0.29) is 0 Å². The van der Waals surface area contributed by atoms with Crippen molar-refractivity contribution < 1.29 is 23.8 Å². The fraction of sp³-hybridized carbons (Fsp3) is 0.273. The van der Waals surface area contributed by atoms with E-state index in [0.29, 0.717) is 28.8 Å². The highest BCUT2D eigenvalue weighted by atomic mass is 35.5. The first-order valence-electron chi connectivity index (χ1n) is 9.19. The standard InChI is InChI=1S/C22H24ClNO5/c1-4-13-28-19-11-9-16(14-20(19)27-3)10-12-21(25)29-15(2)22(26)24-18-8-6-5-7-17(18)23/h5-12,14-15H,4,13H2,1-3H3,(H,24,26)/b12-10+/t15-/m1/s1. The fourth-order valence-electron chi connectivity index (χ4n) is 2.35. The topological polar surface area (TPSA) is 73.9 Å². The van der Waals surface area contributed by atoms with E-state index < -0.39 is 18.0 Å². The van der Waals surface area contributed by atoms with Gasteiger partial charge in [-0.1, -0.05) is 36.7 Å². The molecule has 2 aromatic carbocycles. The van der Waals surface area contributed by atoms with Gasteiger partial charge in [-0.15, -0.1) is 0 Å². The molecule has 29 heavy (non-hydrogen) atoms. The van der Waals surface area contributed by atoms with E-state index in [2.05, 4.69) is 5.32 Å². The van der Waals surface area contributed by atoms with Crippen LogP contribution in [-0.2, 0) is 14.3 Å². The van der Waals surface area contributed by atoms with E-state index in [9.17, 15) is 9.59 Å². The number of anilines is 1. The van der Waals surface area contributed by atoms with Crippen molar-refractivity contribution >= 4 is 35.2 Å². The number of hydrogen-bond donors (Lipinski definition) is 1. The molecule has 154 valence electrons. The summed E-state index contributed by atoms with van der Waals surface area (Å²) in [6, 6.07) is 12.1. The second-order valence-electron chi connectivity index (χ2n) is 6.14. The predicted molar refractivity (Wildman–Crippen MR) is 113 cm³/mol. The first kappa shape index (κ1) is 22.3. The molecule has 6 nitrogen and oxygen atoms in total. The lowest BCUT2D eigenvalue weighted by Crippen LogP contribution is -2.29. The Morgan fingerprint density at radius 1 is 1.17 bits per heavy atom. The third-order valence-corrected chi connectivity index (χ3v) is 4.18. The molecular formula is C22H24ClNO5. The Bertz CT molecular complexity index is 881. The lowest BCUT2D eigenvalue weighted by Gasteiger charge is -2.13. The zero-order valence-corrected chi connectivity index (χ0v) is 17.4. The third-order valence-electron chi connectivity index (χ3n) is 3.86. The number of amides is 1. The summed E-state index contributed by atoms with van der Waals surface area (Å²) in [6.45, 7) is 4.09. The summed E-state index contributed by atoms with van der Waals surface area (Å²) in [5.74, 6) is 0.0939. The van der Waals surface area contributed by atoms with Gasteiger partial charge in [-0.3, -0.25) is 4.79 Å². The van der Waals surface area contributed by atoms with Gasteiger partial charge in [-0.05, 0) is 49.2 Å². The van der Waals surface area contributed by atoms with Crippen molar-refractivity contribution in [3.8, 4) is 11.5 Å². The second-order valence-corrected chi connectivity index (χ2v) is 6.55. The van der Waals surface area contributed by atoms with Gasteiger partial charge in [0.25, 0.3) is 5.91 Å². The third kappa shape index (κ3) is 6.84. The molecular weight excluding hydrogens is 394 g/mol. The molecule has 0 spiro atoms. The zero-order chi connectivity index (χ0) is 21.2. The summed E-state index contributed by atoms with van der Waals surface area (Å²) in [4.78, 5) is 24.2. The zero-order valence-electron chi connectivity index (χ0n) is 16.6. The fourth-order valence-corrected chi connectivity index (χ4v) is 2.53. The van der Waals surface area contributed by atoms with Crippen molar-refractivity contribution in [1.82, 2.24) is 0 Å². The number of halogens is 1. The number of benzene rings is 2. The predicted octanol–water partition coefficient (Wildman–Crippen LogP) is 4.72. The monoisotopic (exact) mass is 417 g/mol. The Hall–Kier alpha value is -2.99. The smallest absolute Gasteiger partial charge is 0.331 e. The SMILES string of the molecule is CCCOc1ccc(/C=C/C(=O)O[C@H](C)C(=O)Nc2ccccc2Cl)cc1OC. The molecule has 0 saturated heterocycles. The molecule has 0 aliphatic rings. The van der Waals surface area contributed by atoms with Gasteiger partial charge < -0.3 is 19.5 Å². The van der Waals surface area contributed by atoms with Crippen LogP contribution >= 0.6 is 11.6 Å². The summed E-state index contributed by atoms with van der Waals surface area (Å²) in [5.41, 5.74) is 1.19. The minimum absolute atomic E-state index is 0.402. The van der Waals surface area contributed by atoms with Crippen molar-refractivity contribution in [2.24, 2.45) is 0 Å². The molecule has 0 fully saturated rings. The number of methoxy groups -OCH3 is 1. The first-order chi connectivity index (χ1) is 13.9. The number of para-hydroxylation sites is 1.